The first-order valence-corrected chi connectivity index (χ1v) is 6.78. The molecule has 0 aromatic rings. The third-order valence-electron chi connectivity index (χ3n) is 3.89. The summed E-state index contributed by atoms with van der Waals surface area (Å²) in [6, 6.07) is -0.755. The normalized spacial score (nSPS) is 18.9. The Kier molecular flexibility index (Phi) is 5.31. The van der Waals surface area contributed by atoms with E-state index in [1.807, 2.05) is 13.8 Å². The fraction of sp³-hybridized carbons (Fsp3) is 0.846. The van der Waals surface area contributed by atoms with Crippen LogP contribution in [0.3, 0.4) is 0 Å². The van der Waals surface area contributed by atoms with E-state index >= 15 is 0 Å². The zero-order chi connectivity index (χ0) is 14.6. The first kappa shape index (κ1) is 15.9. The number of piperazine rings is 1. The maximum atomic E-state index is 12.6. The van der Waals surface area contributed by atoms with Crippen LogP contribution in [0, 0.1) is 0 Å². The fourth-order valence-electron chi connectivity index (χ4n) is 2.55. The summed E-state index contributed by atoms with van der Waals surface area (Å²) >= 11 is 0. The predicted octanol–water partition coefficient (Wildman–Crippen LogP) is -0.00820. The Morgan fingerprint density at radius 2 is 1.89 bits per heavy atom. The molecular weight excluding hydrogens is 246 g/mol. The molecule has 1 heterocycles. The van der Waals surface area contributed by atoms with Crippen LogP contribution in [-0.2, 0) is 9.59 Å². The quantitative estimate of drug-likeness (QED) is 0.736. The van der Waals surface area contributed by atoms with Crippen LogP contribution in [0.25, 0.3) is 0 Å². The van der Waals surface area contributed by atoms with Crippen molar-refractivity contribution in [2.45, 2.75) is 38.8 Å². The molecule has 1 saturated heterocycles. The summed E-state index contributed by atoms with van der Waals surface area (Å²) in [4.78, 5) is 27.2. The van der Waals surface area contributed by atoms with Crippen LogP contribution in [0.1, 0.15) is 27.2 Å². The van der Waals surface area contributed by atoms with Crippen LogP contribution in [0.4, 0.5) is 0 Å². The molecule has 0 aromatic carbocycles. The smallest absolute Gasteiger partial charge is 0.326 e. The molecule has 1 fully saturated rings. The number of likely N-dealkylation sites (N-methyl/N-ethyl adjacent to an activating group) is 1. The second kappa shape index (κ2) is 6.34. The van der Waals surface area contributed by atoms with Crippen LogP contribution < -0.4 is 5.32 Å². The molecule has 1 aliphatic rings. The van der Waals surface area contributed by atoms with E-state index in [4.69, 9.17) is 5.11 Å². The summed E-state index contributed by atoms with van der Waals surface area (Å²) in [6.07, 6.45) is 0.412. The van der Waals surface area contributed by atoms with E-state index in [2.05, 4.69) is 10.2 Å². The van der Waals surface area contributed by atoms with Crippen LogP contribution in [0.2, 0.25) is 0 Å². The molecule has 0 saturated carbocycles. The second-order valence-electron chi connectivity index (χ2n) is 5.47. The number of nitrogens with zero attached hydrogens (tertiary/aromatic N) is 2. The Labute approximate surface area is 114 Å². The fourth-order valence-corrected chi connectivity index (χ4v) is 2.55. The molecule has 110 valence electrons. The number of carbonyl (C=O) groups is 2. The highest BCUT2D eigenvalue weighted by atomic mass is 16.4. The maximum Gasteiger partial charge on any atom is 0.326 e. The van der Waals surface area contributed by atoms with E-state index in [0.29, 0.717) is 6.42 Å². The molecule has 19 heavy (non-hydrogen) atoms. The number of rotatable bonds is 5. The van der Waals surface area contributed by atoms with Crippen molar-refractivity contribution in [3.05, 3.63) is 0 Å². The average molecular weight is 271 g/mol. The number of carboxylic acid groups (broad SMARTS) is 1. The molecule has 2 N–H and O–H groups in total. The summed E-state index contributed by atoms with van der Waals surface area (Å²) in [5.74, 6) is -1.09. The maximum absolute atomic E-state index is 12.6. The van der Waals surface area contributed by atoms with Gasteiger partial charge in [0.05, 0.1) is 5.54 Å². The van der Waals surface area contributed by atoms with Gasteiger partial charge in [-0.25, -0.2) is 4.79 Å². The van der Waals surface area contributed by atoms with E-state index in [1.54, 1.807) is 14.0 Å². The summed E-state index contributed by atoms with van der Waals surface area (Å²) in [5, 5.41) is 12.4. The highest BCUT2D eigenvalue weighted by Gasteiger charge is 2.39. The number of amides is 1. The monoisotopic (exact) mass is 271 g/mol. The first-order valence-electron chi connectivity index (χ1n) is 6.78. The molecule has 1 amide bonds. The average Bonchev–Trinajstić information content (AvgIpc) is 2.39. The lowest BCUT2D eigenvalue weighted by Crippen LogP contribution is -2.61. The van der Waals surface area contributed by atoms with Crippen LogP contribution in [0.5, 0.6) is 0 Å². The van der Waals surface area contributed by atoms with E-state index in [1.165, 1.54) is 4.90 Å². The zero-order valence-corrected chi connectivity index (χ0v) is 12.3. The summed E-state index contributed by atoms with van der Waals surface area (Å²) < 4.78 is 0. The number of aliphatic carboxylic acids is 1. The van der Waals surface area contributed by atoms with Crippen molar-refractivity contribution in [3.8, 4) is 0 Å². The predicted molar refractivity (Wildman–Crippen MR) is 73.0 cm³/mol. The Morgan fingerprint density at radius 1 is 1.37 bits per heavy atom. The summed E-state index contributed by atoms with van der Waals surface area (Å²) in [7, 11) is 1.58. The minimum atomic E-state index is -0.950. The third-order valence-corrected chi connectivity index (χ3v) is 3.89. The van der Waals surface area contributed by atoms with E-state index in [9.17, 15) is 9.59 Å². The lowest BCUT2D eigenvalue weighted by atomic mass is 9.98. The molecule has 6 heteroatoms. The number of nitrogens with one attached hydrogen (secondary N) is 1. The molecule has 6 nitrogen and oxygen atoms in total. The lowest BCUT2D eigenvalue weighted by Gasteiger charge is -2.42. The van der Waals surface area contributed by atoms with Gasteiger partial charge in [-0.15, -0.1) is 0 Å². The van der Waals surface area contributed by atoms with Gasteiger partial charge in [0.2, 0.25) is 5.91 Å². The highest BCUT2D eigenvalue weighted by molar-refractivity contribution is 5.89. The summed E-state index contributed by atoms with van der Waals surface area (Å²) in [5.41, 5.74) is -0.667. The molecule has 0 aromatic heterocycles. The number of carboxylic acids is 1. The van der Waals surface area contributed by atoms with Gasteiger partial charge < -0.3 is 15.3 Å². The van der Waals surface area contributed by atoms with Gasteiger partial charge in [0.25, 0.3) is 0 Å². The van der Waals surface area contributed by atoms with Crippen molar-refractivity contribution in [1.29, 1.82) is 0 Å². The molecule has 0 spiro atoms. The summed E-state index contributed by atoms with van der Waals surface area (Å²) in [6.45, 7) is 8.83. The largest absolute Gasteiger partial charge is 0.480 e. The van der Waals surface area contributed by atoms with E-state index < -0.39 is 17.6 Å². The molecule has 1 rings (SSSR count). The van der Waals surface area contributed by atoms with Crippen molar-refractivity contribution >= 4 is 11.9 Å². The third kappa shape index (κ3) is 3.45. The Bertz CT molecular complexity index is 338. The van der Waals surface area contributed by atoms with Gasteiger partial charge in [0, 0.05) is 33.2 Å². The lowest BCUT2D eigenvalue weighted by molar-refractivity contribution is -0.154. The van der Waals surface area contributed by atoms with Gasteiger partial charge in [-0.3, -0.25) is 9.69 Å². The van der Waals surface area contributed by atoms with Crippen LogP contribution in [-0.4, -0.2) is 71.6 Å². The molecule has 1 aliphatic heterocycles. The first-order chi connectivity index (χ1) is 8.82. The molecule has 1 unspecified atom stereocenters. The van der Waals surface area contributed by atoms with Crippen molar-refractivity contribution in [1.82, 2.24) is 15.1 Å². The van der Waals surface area contributed by atoms with E-state index in [0.717, 1.165) is 26.2 Å². The number of hydrogen-bond acceptors (Lipinski definition) is 4. The standard InChI is InChI=1S/C13H25N3O3/c1-5-10(11(17)18)15(4)12(19)13(2,3)16-8-6-14-7-9-16/h10,14H,5-9H2,1-4H3,(H,17,18). The molecular formula is C13H25N3O3. The van der Waals surface area contributed by atoms with Crippen molar-refractivity contribution < 1.29 is 14.7 Å². The zero-order valence-electron chi connectivity index (χ0n) is 12.3. The van der Waals surface area contributed by atoms with Gasteiger partial charge in [-0.2, -0.15) is 0 Å². The topological polar surface area (TPSA) is 72.9 Å². The van der Waals surface area contributed by atoms with Gasteiger partial charge >= 0.3 is 5.97 Å². The van der Waals surface area contributed by atoms with Crippen molar-refractivity contribution in [2.75, 3.05) is 33.2 Å². The number of carbonyl (C=O) groups excluding carboxylic acids is 1. The van der Waals surface area contributed by atoms with Crippen LogP contribution in [0.15, 0.2) is 0 Å². The highest BCUT2D eigenvalue weighted by Crippen LogP contribution is 2.19. The minimum absolute atomic E-state index is 0.136. The minimum Gasteiger partial charge on any atom is -0.480 e. The van der Waals surface area contributed by atoms with Gasteiger partial charge in [0.15, 0.2) is 0 Å². The molecule has 0 radical (unpaired) electrons. The van der Waals surface area contributed by atoms with Crippen molar-refractivity contribution in [3.63, 3.8) is 0 Å². The second-order valence-corrected chi connectivity index (χ2v) is 5.47. The Hall–Kier alpha value is -1.14. The van der Waals surface area contributed by atoms with Gasteiger partial charge in [-0.1, -0.05) is 6.92 Å². The Balaban J connectivity index is 2.81. The number of hydrogen-bond donors (Lipinski definition) is 2. The molecule has 1 atom stereocenters. The Morgan fingerprint density at radius 3 is 2.32 bits per heavy atom. The SMILES string of the molecule is CCC(C(=O)O)N(C)C(=O)C(C)(C)N1CCNCC1. The molecule has 0 bridgehead atoms. The van der Waals surface area contributed by atoms with E-state index in [-0.39, 0.29) is 5.91 Å². The molecule has 0 aliphatic carbocycles. The van der Waals surface area contributed by atoms with Crippen molar-refractivity contribution in [2.24, 2.45) is 0 Å². The van der Waals surface area contributed by atoms with Gasteiger partial charge in [-0.05, 0) is 20.3 Å². The van der Waals surface area contributed by atoms with Crippen LogP contribution >= 0.6 is 0 Å². The van der Waals surface area contributed by atoms with Gasteiger partial charge in [0.1, 0.15) is 6.04 Å².